The lowest BCUT2D eigenvalue weighted by Gasteiger charge is -2.20. The summed E-state index contributed by atoms with van der Waals surface area (Å²) in [5.74, 6) is -0.830. The minimum atomic E-state index is -3.78. The number of benzene rings is 2. The molecule has 1 saturated heterocycles. The number of nitrogens with one attached hydrogen (secondary N) is 1. The highest BCUT2D eigenvalue weighted by Gasteiger charge is 2.35. The first-order chi connectivity index (χ1) is 12.8. The molecule has 0 saturated carbocycles. The summed E-state index contributed by atoms with van der Waals surface area (Å²) in [7, 11) is -3.78. The van der Waals surface area contributed by atoms with Crippen LogP contribution in [-0.2, 0) is 26.0 Å². The van der Waals surface area contributed by atoms with Crippen molar-refractivity contribution in [3.63, 3.8) is 0 Å². The number of nitrogens with two attached hydrogens (primary N) is 1. The third kappa shape index (κ3) is 4.17. The van der Waals surface area contributed by atoms with Gasteiger partial charge in [0.15, 0.2) is 0 Å². The van der Waals surface area contributed by atoms with Gasteiger partial charge in [-0.15, -0.1) is 0 Å². The summed E-state index contributed by atoms with van der Waals surface area (Å²) in [4.78, 5) is 26.6. The number of anilines is 2. The molecule has 1 aliphatic heterocycles. The number of primary sulfonamides is 1. The van der Waals surface area contributed by atoms with Crippen LogP contribution in [0.25, 0.3) is 0 Å². The van der Waals surface area contributed by atoms with E-state index in [4.69, 9.17) is 5.14 Å². The third-order valence-corrected chi connectivity index (χ3v) is 5.54. The molecule has 0 aromatic heterocycles. The summed E-state index contributed by atoms with van der Waals surface area (Å²) in [6, 6.07) is 13.3. The number of carbonyl (C=O) groups is 2. The van der Waals surface area contributed by atoms with Crippen molar-refractivity contribution in [3.05, 3.63) is 54.1 Å². The van der Waals surface area contributed by atoms with Crippen molar-refractivity contribution < 1.29 is 18.0 Å². The van der Waals surface area contributed by atoms with Gasteiger partial charge in [0.25, 0.3) is 0 Å². The Balaban J connectivity index is 1.71. The van der Waals surface area contributed by atoms with Crippen LogP contribution in [0.2, 0.25) is 0 Å². The average molecular weight is 387 g/mol. The van der Waals surface area contributed by atoms with E-state index < -0.39 is 15.9 Å². The van der Waals surface area contributed by atoms with E-state index in [-0.39, 0.29) is 23.1 Å². The van der Waals surface area contributed by atoms with Crippen LogP contribution >= 0.6 is 0 Å². The number of hydrogen-bond donors (Lipinski definition) is 2. The van der Waals surface area contributed by atoms with Crippen molar-refractivity contribution in [2.75, 3.05) is 16.8 Å². The first-order valence-corrected chi connectivity index (χ1v) is 10.2. The molecular formula is C19H21N3O4S. The maximum Gasteiger partial charge on any atom is 0.238 e. The molecular weight excluding hydrogens is 366 g/mol. The fraction of sp³-hybridized carbons (Fsp3) is 0.263. The van der Waals surface area contributed by atoms with E-state index in [0.717, 1.165) is 17.7 Å². The molecule has 3 N–H and O–H groups in total. The minimum Gasteiger partial charge on any atom is -0.326 e. The summed E-state index contributed by atoms with van der Waals surface area (Å²) in [6.07, 6.45) is 0.937. The van der Waals surface area contributed by atoms with Gasteiger partial charge in [-0.25, -0.2) is 13.6 Å². The highest BCUT2D eigenvalue weighted by Crippen LogP contribution is 2.29. The van der Waals surface area contributed by atoms with Gasteiger partial charge >= 0.3 is 0 Å². The van der Waals surface area contributed by atoms with E-state index >= 15 is 0 Å². The number of carbonyl (C=O) groups excluding carboxylic acids is 2. The molecule has 2 amide bonds. The Morgan fingerprint density at radius 3 is 2.48 bits per heavy atom. The zero-order valence-electron chi connectivity index (χ0n) is 14.9. The second kappa shape index (κ2) is 7.50. The van der Waals surface area contributed by atoms with Crippen LogP contribution in [0.1, 0.15) is 18.9 Å². The maximum atomic E-state index is 12.5. The summed E-state index contributed by atoms with van der Waals surface area (Å²) in [6.45, 7) is 2.34. The zero-order valence-corrected chi connectivity index (χ0v) is 15.7. The Hall–Kier alpha value is -2.71. The summed E-state index contributed by atoms with van der Waals surface area (Å²) in [5, 5.41) is 7.79. The van der Waals surface area contributed by atoms with Gasteiger partial charge in [-0.3, -0.25) is 9.59 Å². The van der Waals surface area contributed by atoms with Crippen LogP contribution in [0, 0.1) is 5.92 Å². The van der Waals surface area contributed by atoms with Crippen molar-refractivity contribution in [3.8, 4) is 0 Å². The van der Waals surface area contributed by atoms with Gasteiger partial charge in [0.05, 0.1) is 10.8 Å². The topological polar surface area (TPSA) is 110 Å². The van der Waals surface area contributed by atoms with Crippen molar-refractivity contribution in [1.29, 1.82) is 0 Å². The number of hydrogen-bond acceptors (Lipinski definition) is 4. The van der Waals surface area contributed by atoms with Gasteiger partial charge in [-0.1, -0.05) is 25.1 Å². The highest BCUT2D eigenvalue weighted by molar-refractivity contribution is 7.89. The van der Waals surface area contributed by atoms with E-state index in [1.807, 2.05) is 31.2 Å². The second-order valence-corrected chi connectivity index (χ2v) is 8.01. The Labute approximate surface area is 158 Å². The number of aryl methyl sites for hydroxylation is 1. The fourth-order valence-electron chi connectivity index (χ4n) is 3.16. The Morgan fingerprint density at radius 1 is 1.19 bits per heavy atom. The van der Waals surface area contributed by atoms with Gasteiger partial charge < -0.3 is 10.2 Å². The van der Waals surface area contributed by atoms with Crippen molar-refractivity contribution in [2.24, 2.45) is 11.1 Å². The normalized spacial score (nSPS) is 17.2. The molecule has 1 aliphatic rings. The first kappa shape index (κ1) is 19.1. The van der Waals surface area contributed by atoms with Crippen LogP contribution in [0.4, 0.5) is 11.4 Å². The van der Waals surface area contributed by atoms with E-state index in [0.29, 0.717) is 12.2 Å². The molecule has 3 rings (SSSR count). The second-order valence-electron chi connectivity index (χ2n) is 6.45. The van der Waals surface area contributed by atoms with Gasteiger partial charge in [0.1, 0.15) is 0 Å². The number of nitrogens with zero attached hydrogens (tertiary/aromatic N) is 1. The molecule has 1 fully saturated rings. The van der Waals surface area contributed by atoms with Gasteiger partial charge in [0.2, 0.25) is 21.8 Å². The van der Waals surface area contributed by atoms with E-state index in [1.165, 1.54) is 24.3 Å². The monoisotopic (exact) mass is 387 g/mol. The smallest absolute Gasteiger partial charge is 0.238 e. The van der Waals surface area contributed by atoms with Gasteiger partial charge in [-0.05, 0) is 42.3 Å². The molecule has 142 valence electrons. The Kier molecular flexibility index (Phi) is 5.29. The molecule has 0 bridgehead atoms. The molecule has 27 heavy (non-hydrogen) atoms. The zero-order chi connectivity index (χ0) is 19.6. The molecule has 2 aromatic rings. The number of rotatable bonds is 5. The molecule has 1 heterocycles. The first-order valence-electron chi connectivity index (χ1n) is 8.61. The van der Waals surface area contributed by atoms with Crippen molar-refractivity contribution in [2.45, 2.75) is 24.7 Å². The molecule has 1 unspecified atom stereocenters. The highest BCUT2D eigenvalue weighted by atomic mass is 32.2. The summed E-state index contributed by atoms with van der Waals surface area (Å²) >= 11 is 0. The van der Waals surface area contributed by atoms with Crippen LogP contribution < -0.4 is 15.4 Å². The molecule has 0 spiro atoms. The molecule has 0 radical (unpaired) electrons. The van der Waals surface area contributed by atoms with Crippen LogP contribution in [0.5, 0.6) is 0 Å². The maximum absolute atomic E-state index is 12.5. The quantitative estimate of drug-likeness (QED) is 0.816. The molecule has 8 heteroatoms. The standard InChI is InChI=1S/C19H21N3O4S/c1-2-13-5-3-4-6-17(13)22-12-14(11-18(22)23)19(24)21-15-7-9-16(10-8-15)27(20,25)26/h3-10,14H,2,11-12H2,1H3,(H,21,24)(H2,20,25,26). The largest absolute Gasteiger partial charge is 0.326 e. The van der Waals surface area contributed by atoms with Crippen molar-refractivity contribution in [1.82, 2.24) is 0 Å². The minimum absolute atomic E-state index is 0.0288. The van der Waals surface area contributed by atoms with Crippen molar-refractivity contribution >= 4 is 33.2 Å². The lowest BCUT2D eigenvalue weighted by atomic mass is 10.1. The Morgan fingerprint density at radius 2 is 1.85 bits per heavy atom. The third-order valence-electron chi connectivity index (χ3n) is 4.61. The van der Waals surface area contributed by atoms with E-state index in [9.17, 15) is 18.0 Å². The number of sulfonamides is 1. The average Bonchev–Trinajstić information content (AvgIpc) is 3.03. The molecule has 1 atom stereocenters. The van der Waals surface area contributed by atoms with Crippen LogP contribution in [0.3, 0.4) is 0 Å². The lowest BCUT2D eigenvalue weighted by molar-refractivity contribution is -0.122. The van der Waals surface area contributed by atoms with E-state index in [2.05, 4.69) is 5.32 Å². The fourth-order valence-corrected chi connectivity index (χ4v) is 3.68. The summed E-state index contributed by atoms with van der Waals surface area (Å²) in [5.41, 5.74) is 2.36. The predicted octanol–water partition coefficient (Wildman–Crippen LogP) is 1.89. The van der Waals surface area contributed by atoms with Crippen LogP contribution in [0.15, 0.2) is 53.4 Å². The SMILES string of the molecule is CCc1ccccc1N1CC(C(=O)Nc2ccc(S(N)(=O)=O)cc2)CC1=O. The Bertz CT molecular complexity index is 971. The molecule has 0 aliphatic carbocycles. The molecule has 7 nitrogen and oxygen atoms in total. The van der Waals surface area contributed by atoms with Crippen LogP contribution in [-0.4, -0.2) is 26.8 Å². The number of para-hydroxylation sites is 1. The predicted molar refractivity (Wildman–Crippen MR) is 103 cm³/mol. The summed E-state index contributed by atoms with van der Waals surface area (Å²) < 4.78 is 22.6. The number of amides is 2. The van der Waals surface area contributed by atoms with Gasteiger partial charge in [-0.2, -0.15) is 0 Å². The molecule has 2 aromatic carbocycles. The van der Waals surface area contributed by atoms with Gasteiger partial charge in [0, 0.05) is 24.3 Å². The van der Waals surface area contributed by atoms with E-state index in [1.54, 1.807) is 4.90 Å². The lowest BCUT2D eigenvalue weighted by Crippen LogP contribution is -2.28.